The van der Waals surface area contributed by atoms with Crippen LogP contribution in [0.3, 0.4) is 0 Å². The minimum Gasteiger partial charge on any atom is -0.493 e. The molecule has 1 aliphatic heterocycles. The van der Waals surface area contributed by atoms with Crippen LogP contribution >= 0.6 is 0 Å². The summed E-state index contributed by atoms with van der Waals surface area (Å²) in [5.41, 5.74) is 9.11. The molecule has 0 bridgehead atoms. The second kappa shape index (κ2) is 8.70. The van der Waals surface area contributed by atoms with Crippen molar-refractivity contribution < 1.29 is 13.9 Å². The summed E-state index contributed by atoms with van der Waals surface area (Å²) in [4.78, 5) is 4.39. The van der Waals surface area contributed by atoms with Crippen LogP contribution in [-0.4, -0.2) is 18.7 Å². The lowest BCUT2D eigenvalue weighted by molar-refractivity contribution is 0.294. The number of nitriles is 1. The van der Waals surface area contributed by atoms with E-state index in [4.69, 9.17) is 19.6 Å². The van der Waals surface area contributed by atoms with Gasteiger partial charge in [0.1, 0.15) is 17.3 Å². The minimum atomic E-state index is -0.422. The van der Waals surface area contributed by atoms with Crippen molar-refractivity contribution in [3.05, 3.63) is 46.4 Å². The lowest BCUT2D eigenvalue weighted by Gasteiger charge is -2.23. The van der Waals surface area contributed by atoms with Gasteiger partial charge < -0.3 is 24.9 Å². The summed E-state index contributed by atoms with van der Waals surface area (Å²) in [6.07, 6.45) is 4.11. The molecule has 0 saturated heterocycles. The predicted molar refractivity (Wildman–Crippen MR) is 106 cm³/mol. The highest BCUT2D eigenvalue weighted by molar-refractivity contribution is 5.62. The van der Waals surface area contributed by atoms with Gasteiger partial charge in [0.2, 0.25) is 5.88 Å². The number of methoxy groups -OCH3 is 1. The number of ether oxygens (including phenoxy) is 2. The minimum absolute atomic E-state index is 0.128. The topological polar surface area (TPSA) is 106 Å². The quantitative estimate of drug-likeness (QED) is 0.663. The molecule has 0 amide bonds. The molecule has 0 unspecified atom stereocenters. The molecule has 148 valence electrons. The van der Waals surface area contributed by atoms with Crippen molar-refractivity contribution in [1.82, 2.24) is 4.98 Å². The SMILES string of the molecule is CCCCOc1ccc([C@@H]2C(C#N)=C(N)Nc3oc(OC)nc32)cc1CCC. The molecule has 2 heterocycles. The van der Waals surface area contributed by atoms with Crippen LogP contribution in [0.2, 0.25) is 0 Å². The molecule has 1 aliphatic rings. The van der Waals surface area contributed by atoms with Crippen LogP contribution in [0.4, 0.5) is 5.88 Å². The first kappa shape index (κ1) is 19.6. The Labute approximate surface area is 165 Å². The number of aromatic nitrogens is 1. The molecule has 7 heteroatoms. The first-order valence-corrected chi connectivity index (χ1v) is 9.59. The number of nitrogens with two attached hydrogens (primary N) is 1. The molecular formula is C21H26N4O3. The second-order valence-corrected chi connectivity index (χ2v) is 6.71. The number of benzene rings is 1. The molecule has 1 aromatic heterocycles. The third-order valence-electron chi connectivity index (χ3n) is 4.72. The van der Waals surface area contributed by atoms with Crippen LogP contribution in [-0.2, 0) is 6.42 Å². The van der Waals surface area contributed by atoms with E-state index in [1.54, 1.807) is 0 Å². The van der Waals surface area contributed by atoms with Gasteiger partial charge in [-0.05, 0) is 30.0 Å². The first-order valence-electron chi connectivity index (χ1n) is 9.59. The molecule has 1 aromatic carbocycles. The molecule has 0 radical (unpaired) electrons. The van der Waals surface area contributed by atoms with Gasteiger partial charge in [-0.25, -0.2) is 0 Å². The average Bonchev–Trinajstić information content (AvgIpc) is 3.11. The molecule has 0 saturated carbocycles. The van der Waals surface area contributed by atoms with Crippen molar-refractivity contribution in [2.45, 2.75) is 45.4 Å². The maximum atomic E-state index is 9.71. The van der Waals surface area contributed by atoms with E-state index in [-0.39, 0.29) is 11.9 Å². The number of hydrogen-bond acceptors (Lipinski definition) is 7. The lowest BCUT2D eigenvalue weighted by Crippen LogP contribution is -2.22. The summed E-state index contributed by atoms with van der Waals surface area (Å²) in [5, 5.41) is 12.6. The monoisotopic (exact) mass is 382 g/mol. The summed E-state index contributed by atoms with van der Waals surface area (Å²) in [6, 6.07) is 8.23. The summed E-state index contributed by atoms with van der Waals surface area (Å²) < 4.78 is 16.6. The zero-order valence-electron chi connectivity index (χ0n) is 16.5. The summed E-state index contributed by atoms with van der Waals surface area (Å²) in [7, 11) is 1.48. The number of aryl methyl sites for hydroxylation is 1. The maximum absolute atomic E-state index is 9.71. The Bertz CT molecular complexity index is 911. The van der Waals surface area contributed by atoms with Crippen molar-refractivity contribution in [2.24, 2.45) is 5.73 Å². The van der Waals surface area contributed by atoms with Gasteiger partial charge in [-0.2, -0.15) is 10.2 Å². The van der Waals surface area contributed by atoms with Gasteiger partial charge in [0.25, 0.3) is 0 Å². The van der Waals surface area contributed by atoms with E-state index < -0.39 is 5.92 Å². The number of oxazole rings is 1. The number of anilines is 1. The van der Waals surface area contributed by atoms with Crippen LogP contribution in [0.25, 0.3) is 0 Å². The Morgan fingerprint density at radius 3 is 2.82 bits per heavy atom. The summed E-state index contributed by atoms with van der Waals surface area (Å²) >= 11 is 0. The van der Waals surface area contributed by atoms with Crippen molar-refractivity contribution >= 4 is 5.88 Å². The third kappa shape index (κ3) is 3.77. The van der Waals surface area contributed by atoms with E-state index in [0.717, 1.165) is 42.6 Å². The average molecular weight is 382 g/mol. The molecule has 0 fully saturated rings. The third-order valence-corrected chi connectivity index (χ3v) is 4.72. The van der Waals surface area contributed by atoms with E-state index in [0.29, 0.717) is 23.8 Å². The van der Waals surface area contributed by atoms with E-state index in [1.165, 1.54) is 7.11 Å². The molecule has 28 heavy (non-hydrogen) atoms. The lowest BCUT2D eigenvalue weighted by atomic mass is 9.85. The number of nitrogens with zero attached hydrogens (tertiary/aromatic N) is 2. The maximum Gasteiger partial charge on any atom is 0.395 e. The van der Waals surface area contributed by atoms with Crippen LogP contribution in [0.5, 0.6) is 11.8 Å². The van der Waals surface area contributed by atoms with Gasteiger partial charge in [-0.1, -0.05) is 38.8 Å². The van der Waals surface area contributed by atoms with Gasteiger partial charge >= 0.3 is 6.08 Å². The van der Waals surface area contributed by atoms with Crippen LogP contribution in [0.15, 0.2) is 34.0 Å². The predicted octanol–water partition coefficient (Wildman–Crippen LogP) is 4.07. The van der Waals surface area contributed by atoms with E-state index in [9.17, 15) is 5.26 Å². The van der Waals surface area contributed by atoms with Gasteiger partial charge in [-0.3, -0.25) is 0 Å². The number of nitrogens with one attached hydrogen (secondary N) is 1. The van der Waals surface area contributed by atoms with Gasteiger partial charge in [0.15, 0.2) is 0 Å². The normalized spacial score (nSPS) is 15.6. The first-order chi connectivity index (χ1) is 13.6. The molecular weight excluding hydrogens is 356 g/mol. The Morgan fingerprint density at radius 2 is 2.14 bits per heavy atom. The number of fused-ring (bicyclic) bond motifs is 1. The standard InChI is InChI=1S/C21H26N4O3/c1-4-6-10-27-16-9-8-14(11-13(16)7-5-2)17-15(12-22)19(23)25-20-18(17)24-21(26-3)28-20/h8-9,11,17,25H,4-7,10,23H2,1-3H3/t17-/m1/s1. The van der Waals surface area contributed by atoms with Crippen LogP contribution < -0.4 is 20.5 Å². The highest BCUT2D eigenvalue weighted by Gasteiger charge is 2.34. The van der Waals surface area contributed by atoms with Crippen molar-refractivity contribution in [1.29, 1.82) is 5.26 Å². The van der Waals surface area contributed by atoms with E-state index >= 15 is 0 Å². The highest BCUT2D eigenvalue weighted by atomic mass is 16.6. The van der Waals surface area contributed by atoms with Gasteiger partial charge in [-0.15, -0.1) is 0 Å². The summed E-state index contributed by atoms with van der Waals surface area (Å²) in [6.45, 7) is 4.97. The Balaban J connectivity index is 2.04. The number of rotatable bonds is 8. The largest absolute Gasteiger partial charge is 0.493 e. The van der Waals surface area contributed by atoms with E-state index in [2.05, 4.69) is 36.3 Å². The Morgan fingerprint density at radius 1 is 1.32 bits per heavy atom. The van der Waals surface area contributed by atoms with Crippen LogP contribution in [0.1, 0.15) is 55.8 Å². The van der Waals surface area contributed by atoms with Gasteiger partial charge in [0.05, 0.1) is 31.3 Å². The number of allylic oxidation sites excluding steroid dienone is 1. The highest BCUT2D eigenvalue weighted by Crippen LogP contribution is 2.42. The molecule has 2 aromatic rings. The summed E-state index contributed by atoms with van der Waals surface area (Å²) in [5.74, 6) is 1.13. The van der Waals surface area contributed by atoms with Crippen molar-refractivity contribution in [3.8, 4) is 17.9 Å². The molecule has 7 nitrogen and oxygen atoms in total. The van der Waals surface area contributed by atoms with Gasteiger partial charge in [0, 0.05) is 0 Å². The fourth-order valence-corrected chi connectivity index (χ4v) is 3.33. The molecule has 3 rings (SSSR count). The van der Waals surface area contributed by atoms with Crippen molar-refractivity contribution in [2.75, 3.05) is 19.0 Å². The zero-order valence-corrected chi connectivity index (χ0v) is 16.5. The zero-order chi connectivity index (χ0) is 20.1. The van der Waals surface area contributed by atoms with E-state index in [1.807, 2.05) is 12.1 Å². The Kier molecular flexibility index (Phi) is 6.09. The van der Waals surface area contributed by atoms with Crippen molar-refractivity contribution in [3.63, 3.8) is 0 Å². The molecule has 0 spiro atoms. The number of unbranched alkanes of at least 4 members (excludes halogenated alkanes) is 1. The fourth-order valence-electron chi connectivity index (χ4n) is 3.33. The molecule has 1 atom stereocenters. The second-order valence-electron chi connectivity index (χ2n) is 6.71. The smallest absolute Gasteiger partial charge is 0.395 e. The Hall–Kier alpha value is -3.14. The molecule has 3 N–H and O–H groups in total. The molecule has 0 aliphatic carbocycles. The number of hydrogen-bond donors (Lipinski definition) is 2. The van der Waals surface area contributed by atoms with Crippen LogP contribution in [0, 0.1) is 11.3 Å². The fraction of sp³-hybridized carbons (Fsp3) is 0.429.